The largest absolute Gasteiger partial charge is 0.497 e. The van der Waals surface area contributed by atoms with Crippen molar-refractivity contribution in [3.8, 4) is 16.9 Å². The first-order chi connectivity index (χ1) is 13.8. The second-order valence-electron chi connectivity index (χ2n) is 6.08. The van der Waals surface area contributed by atoms with Crippen LogP contribution in [0.25, 0.3) is 11.1 Å². The third kappa shape index (κ3) is 4.71. The van der Waals surface area contributed by atoms with Gasteiger partial charge in [-0.1, -0.05) is 77.7 Å². The fourth-order valence-electron chi connectivity index (χ4n) is 2.69. The van der Waals surface area contributed by atoms with E-state index in [1.807, 2.05) is 30.3 Å². The van der Waals surface area contributed by atoms with Crippen molar-refractivity contribution < 1.29 is 4.74 Å². The summed E-state index contributed by atoms with van der Waals surface area (Å²) in [5.41, 5.74) is 4.70. The summed E-state index contributed by atoms with van der Waals surface area (Å²) in [6.07, 6.45) is 0. The van der Waals surface area contributed by atoms with Crippen LogP contribution in [0, 0.1) is 0 Å². The molecule has 0 fully saturated rings. The van der Waals surface area contributed by atoms with Gasteiger partial charge in [0.2, 0.25) is 5.13 Å². The van der Waals surface area contributed by atoms with Gasteiger partial charge in [-0.3, -0.25) is 0 Å². The van der Waals surface area contributed by atoms with Gasteiger partial charge in [-0.15, -0.1) is 10.2 Å². The summed E-state index contributed by atoms with van der Waals surface area (Å²) in [6.45, 7) is 0. The van der Waals surface area contributed by atoms with Crippen molar-refractivity contribution in [2.45, 2.75) is 10.1 Å². The Morgan fingerprint density at radius 1 is 0.857 bits per heavy atom. The highest BCUT2D eigenvalue weighted by Crippen LogP contribution is 2.30. The molecule has 1 heterocycles. The van der Waals surface area contributed by atoms with Crippen molar-refractivity contribution in [3.63, 3.8) is 0 Å². The second kappa shape index (κ2) is 8.91. The zero-order chi connectivity index (χ0) is 19.2. The number of aromatic nitrogens is 2. The Bertz CT molecular complexity index is 1020. The second-order valence-corrected chi connectivity index (χ2v) is 8.28. The van der Waals surface area contributed by atoms with E-state index in [-0.39, 0.29) is 0 Å². The van der Waals surface area contributed by atoms with Crippen LogP contribution in [0.4, 0.5) is 10.8 Å². The summed E-state index contributed by atoms with van der Waals surface area (Å²) in [6, 6.07) is 26.8. The van der Waals surface area contributed by atoms with Crippen LogP contribution < -0.4 is 10.1 Å². The summed E-state index contributed by atoms with van der Waals surface area (Å²) in [4.78, 5) is 0. The van der Waals surface area contributed by atoms with Crippen molar-refractivity contribution in [2.75, 3.05) is 12.4 Å². The van der Waals surface area contributed by atoms with Crippen LogP contribution in [0.1, 0.15) is 5.56 Å². The summed E-state index contributed by atoms with van der Waals surface area (Å²) in [5.74, 6) is 1.70. The van der Waals surface area contributed by atoms with E-state index >= 15 is 0 Å². The van der Waals surface area contributed by atoms with Gasteiger partial charge in [-0.2, -0.15) is 0 Å². The summed E-state index contributed by atoms with van der Waals surface area (Å²) in [7, 11) is 1.66. The maximum Gasteiger partial charge on any atom is 0.210 e. The van der Waals surface area contributed by atoms with Crippen molar-refractivity contribution in [3.05, 3.63) is 84.4 Å². The standard InChI is InChI=1S/C22H19N3OS2/c1-26-20-13-11-19(12-14-20)23-21-24-25-22(28-21)27-15-16-7-9-18(10-8-16)17-5-3-2-4-6-17/h2-14H,15H2,1H3,(H,23,24). The zero-order valence-corrected chi connectivity index (χ0v) is 17.0. The van der Waals surface area contributed by atoms with Crippen LogP contribution in [-0.2, 0) is 5.75 Å². The molecule has 0 atom stereocenters. The molecule has 140 valence electrons. The molecule has 0 radical (unpaired) electrons. The van der Waals surface area contributed by atoms with Gasteiger partial charge in [-0.05, 0) is 41.0 Å². The molecular weight excluding hydrogens is 386 g/mol. The number of nitrogens with one attached hydrogen (secondary N) is 1. The molecule has 0 aliphatic rings. The van der Waals surface area contributed by atoms with Crippen LogP contribution in [0.3, 0.4) is 0 Å². The van der Waals surface area contributed by atoms with Gasteiger partial charge in [0, 0.05) is 11.4 Å². The first kappa shape index (κ1) is 18.5. The molecule has 0 aliphatic heterocycles. The average Bonchev–Trinajstić information content (AvgIpc) is 3.21. The molecule has 0 bridgehead atoms. The molecule has 1 N–H and O–H groups in total. The van der Waals surface area contributed by atoms with Crippen LogP contribution in [0.5, 0.6) is 5.75 Å². The molecule has 1 aromatic heterocycles. The Morgan fingerprint density at radius 2 is 1.57 bits per heavy atom. The fraction of sp³-hybridized carbons (Fsp3) is 0.0909. The zero-order valence-electron chi connectivity index (χ0n) is 15.3. The monoisotopic (exact) mass is 405 g/mol. The smallest absolute Gasteiger partial charge is 0.210 e. The third-order valence-corrected chi connectivity index (χ3v) is 6.21. The van der Waals surface area contributed by atoms with Gasteiger partial charge in [0.05, 0.1) is 7.11 Å². The molecule has 4 nitrogen and oxygen atoms in total. The van der Waals surface area contributed by atoms with E-state index in [1.54, 1.807) is 30.2 Å². The van der Waals surface area contributed by atoms with E-state index in [0.29, 0.717) is 0 Å². The SMILES string of the molecule is COc1ccc(Nc2nnc(SCc3ccc(-c4ccccc4)cc3)s2)cc1. The van der Waals surface area contributed by atoms with E-state index in [0.717, 1.165) is 26.7 Å². The maximum absolute atomic E-state index is 5.17. The number of ether oxygens (including phenoxy) is 1. The summed E-state index contributed by atoms with van der Waals surface area (Å²) in [5, 5.41) is 12.6. The molecule has 0 amide bonds. The number of benzene rings is 3. The molecule has 0 saturated carbocycles. The Morgan fingerprint density at radius 3 is 2.29 bits per heavy atom. The van der Waals surface area contributed by atoms with Gasteiger partial charge >= 0.3 is 0 Å². The van der Waals surface area contributed by atoms with Gasteiger partial charge < -0.3 is 10.1 Å². The number of nitrogens with zero attached hydrogens (tertiary/aromatic N) is 2. The van der Waals surface area contributed by atoms with Crippen molar-refractivity contribution in [1.82, 2.24) is 10.2 Å². The van der Waals surface area contributed by atoms with Gasteiger partial charge in [0.25, 0.3) is 0 Å². The van der Waals surface area contributed by atoms with E-state index < -0.39 is 0 Å². The number of hydrogen-bond donors (Lipinski definition) is 1. The van der Waals surface area contributed by atoms with Gasteiger partial charge in [-0.25, -0.2) is 0 Å². The van der Waals surface area contributed by atoms with Gasteiger partial charge in [0.1, 0.15) is 5.75 Å². The van der Waals surface area contributed by atoms with Crippen LogP contribution >= 0.6 is 23.1 Å². The van der Waals surface area contributed by atoms with Crippen molar-refractivity contribution in [1.29, 1.82) is 0 Å². The predicted octanol–water partition coefficient (Wildman–Crippen LogP) is 6.25. The maximum atomic E-state index is 5.17. The number of methoxy groups -OCH3 is 1. The molecular formula is C22H19N3OS2. The van der Waals surface area contributed by atoms with Crippen LogP contribution in [0.2, 0.25) is 0 Å². The topological polar surface area (TPSA) is 47.0 Å². The fourth-order valence-corrected chi connectivity index (χ4v) is 4.41. The highest BCUT2D eigenvalue weighted by Gasteiger charge is 2.06. The van der Waals surface area contributed by atoms with Crippen molar-refractivity contribution in [2.24, 2.45) is 0 Å². The number of thioether (sulfide) groups is 1. The first-order valence-electron chi connectivity index (χ1n) is 8.82. The molecule has 0 spiro atoms. The Kier molecular flexibility index (Phi) is 5.89. The molecule has 6 heteroatoms. The number of rotatable bonds is 7. The van der Waals surface area contributed by atoms with Crippen LogP contribution in [-0.4, -0.2) is 17.3 Å². The predicted molar refractivity (Wildman–Crippen MR) is 118 cm³/mol. The average molecular weight is 406 g/mol. The molecule has 0 unspecified atom stereocenters. The van der Waals surface area contributed by atoms with Crippen molar-refractivity contribution >= 4 is 33.9 Å². The quantitative estimate of drug-likeness (QED) is 0.368. The summed E-state index contributed by atoms with van der Waals surface area (Å²) < 4.78 is 6.12. The van der Waals surface area contributed by atoms with E-state index in [4.69, 9.17) is 4.74 Å². The first-order valence-corrected chi connectivity index (χ1v) is 10.6. The minimum absolute atomic E-state index is 0.784. The third-order valence-electron chi connectivity index (χ3n) is 4.17. The van der Waals surface area contributed by atoms with E-state index in [2.05, 4.69) is 64.0 Å². The normalized spacial score (nSPS) is 10.6. The molecule has 4 aromatic rings. The summed E-state index contributed by atoms with van der Waals surface area (Å²) >= 11 is 3.25. The minimum atomic E-state index is 0.784. The van der Waals surface area contributed by atoms with E-state index in [1.165, 1.54) is 16.7 Å². The lowest BCUT2D eigenvalue weighted by molar-refractivity contribution is 0.415. The van der Waals surface area contributed by atoms with Crippen LogP contribution in [0.15, 0.2) is 83.2 Å². The Balaban J connectivity index is 1.34. The van der Waals surface area contributed by atoms with Gasteiger partial charge in [0.15, 0.2) is 4.34 Å². The Labute approximate surface area is 172 Å². The number of hydrogen-bond acceptors (Lipinski definition) is 6. The number of anilines is 2. The minimum Gasteiger partial charge on any atom is -0.497 e. The highest BCUT2D eigenvalue weighted by molar-refractivity contribution is 8.00. The Hall–Kier alpha value is -2.83. The molecule has 0 saturated heterocycles. The van der Waals surface area contributed by atoms with E-state index in [9.17, 15) is 0 Å². The molecule has 0 aliphatic carbocycles. The molecule has 3 aromatic carbocycles. The lowest BCUT2D eigenvalue weighted by atomic mass is 10.0. The lowest BCUT2D eigenvalue weighted by Crippen LogP contribution is -1.89. The molecule has 28 heavy (non-hydrogen) atoms. The molecule has 4 rings (SSSR count). The highest BCUT2D eigenvalue weighted by atomic mass is 32.2. The lowest BCUT2D eigenvalue weighted by Gasteiger charge is -2.04.